The van der Waals surface area contributed by atoms with Gasteiger partial charge in [0.1, 0.15) is 0 Å². The van der Waals surface area contributed by atoms with E-state index in [0.717, 1.165) is 11.1 Å². The van der Waals surface area contributed by atoms with Crippen LogP contribution in [0.4, 0.5) is 0 Å². The molecule has 4 heteroatoms. The van der Waals surface area contributed by atoms with Gasteiger partial charge in [-0.2, -0.15) is 0 Å². The fourth-order valence-corrected chi connectivity index (χ4v) is 3.36. The second-order valence-electron chi connectivity index (χ2n) is 5.58. The van der Waals surface area contributed by atoms with Crippen molar-refractivity contribution < 1.29 is 14.3 Å². The largest absolute Gasteiger partial charge is 0.466 e. The molecule has 2 heterocycles. The number of hydrogen-bond donors (Lipinski definition) is 0. The Morgan fingerprint density at radius 1 is 1.33 bits per heavy atom. The van der Waals surface area contributed by atoms with Gasteiger partial charge in [0.25, 0.3) is 0 Å². The molecule has 2 aliphatic heterocycles. The quantitative estimate of drug-likeness (QED) is 0.796. The first-order chi connectivity index (χ1) is 10.1. The van der Waals surface area contributed by atoms with E-state index in [-0.39, 0.29) is 23.7 Å². The molecule has 1 aromatic carbocycles. The summed E-state index contributed by atoms with van der Waals surface area (Å²) in [7, 11) is 1.91. The van der Waals surface area contributed by atoms with E-state index in [1.165, 1.54) is 0 Å². The number of Topliss-reactive ketones (excluding diaryl/α,β-unsaturated/α-hetero) is 1. The molecule has 2 aliphatic rings. The first-order valence-corrected chi connectivity index (χ1v) is 7.33. The van der Waals surface area contributed by atoms with Crippen LogP contribution in [0, 0.1) is 5.92 Å². The Hall–Kier alpha value is -1.94. The van der Waals surface area contributed by atoms with E-state index in [0.29, 0.717) is 13.0 Å². The molecule has 4 nitrogen and oxygen atoms in total. The Bertz CT molecular complexity index is 593. The van der Waals surface area contributed by atoms with E-state index in [2.05, 4.69) is 0 Å². The highest BCUT2D eigenvalue weighted by molar-refractivity contribution is 6.25. The first kappa shape index (κ1) is 14.0. The fourth-order valence-electron chi connectivity index (χ4n) is 3.36. The maximum atomic E-state index is 12.8. The Morgan fingerprint density at radius 2 is 2.05 bits per heavy atom. The van der Waals surface area contributed by atoms with Crippen molar-refractivity contribution in [3.63, 3.8) is 0 Å². The smallest absolute Gasteiger partial charge is 0.311 e. The summed E-state index contributed by atoms with van der Waals surface area (Å²) in [6.45, 7) is 2.14. The third-order valence-corrected chi connectivity index (χ3v) is 4.41. The molecular weight excluding hydrogens is 266 g/mol. The van der Waals surface area contributed by atoms with Crippen LogP contribution in [0.1, 0.15) is 18.9 Å². The van der Waals surface area contributed by atoms with E-state index >= 15 is 0 Å². The Morgan fingerprint density at radius 3 is 2.71 bits per heavy atom. The summed E-state index contributed by atoms with van der Waals surface area (Å²) in [5.74, 6) is -0.590. The number of ether oxygens (including phenoxy) is 1. The van der Waals surface area contributed by atoms with Crippen molar-refractivity contribution >= 4 is 17.3 Å². The minimum Gasteiger partial charge on any atom is -0.466 e. The molecule has 0 amide bonds. The van der Waals surface area contributed by atoms with Crippen molar-refractivity contribution in [2.75, 3.05) is 13.7 Å². The van der Waals surface area contributed by atoms with E-state index in [4.69, 9.17) is 4.74 Å². The molecule has 0 spiro atoms. The minimum atomic E-state index is -0.394. The molecule has 3 atom stereocenters. The average Bonchev–Trinajstić information content (AvgIpc) is 2.72. The van der Waals surface area contributed by atoms with Crippen molar-refractivity contribution in [2.45, 2.75) is 25.4 Å². The molecule has 1 saturated heterocycles. The van der Waals surface area contributed by atoms with Gasteiger partial charge < -0.3 is 4.74 Å². The maximum Gasteiger partial charge on any atom is 0.311 e. The molecule has 1 fully saturated rings. The molecule has 2 bridgehead atoms. The van der Waals surface area contributed by atoms with E-state index in [9.17, 15) is 9.59 Å². The standard InChI is InChI=1S/C17H19NO3/c1-3-21-17(20)14-10-12-9-13(11-7-5-4-6-8-11)16(19)15(14)18(12)2/h4-9,12,14-15H,3,10H2,1-2H3/t12-,14+,15-/m1/s1. The maximum absolute atomic E-state index is 12.8. The highest BCUT2D eigenvalue weighted by Crippen LogP contribution is 2.39. The van der Waals surface area contributed by atoms with Crippen LogP contribution in [0.15, 0.2) is 36.4 Å². The number of nitrogens with zero attached hydrogens (tertiary/aromatic N) is 1. The van der Waals surface area contributed by atoms with Gasteiger partial charge in [0, 0.05) is 11.6 Å². The normalized spacial score (nSPS) is 28.4. The molecule has 21 heavy (non-hydrogen) atoms. The van der Waals surface area contributed by atoms with Crippen LogP contribution in [-0.4, -0.2) is 42.4 Å². The molecule has 0 N–H and O–H groups in total. The molecule has 0 aliphatic carbocycles. The summed E-state index contributed by atoms with van der Waals surface area (Å²) in [4.78, 5) is 26.9. The number of esters is 1. The van der Waals surface area contributed by atoms with Crippen LogP contribution in [0.2, 0.25) is 0 Å². The number of ketones is 1. The summed E-state index contributed by atoms with van der Waals surface area (Å²) >= 11 is 0. The van der Waals surface area contributed by atoms with Crippen molar-refractivity contribution in [3.05, 3.63) is 42.0 Å². The number of carbonyl (C=O) groups excluding carboxylic acids is 2. The third-order valence-electron chi connectivity index (χ3n) is 4.41. The summed E-state index contributed by atoms with van der Waals surface area (Å²) in [5, 5.41) is 0. The Kier molecular flexibility index (Phi) is 3.64. The molecular formula is C17H19NO3. The van der Waals surface area contributed by atoms with Gasteiger partial charge in [0.15, 0.2) is 5.78 Å². The summed E-state index contributed by atoms with van der Waals surface area (Å²) in [6.07, 6.45) is 2.65. The van der Waals surface area contributed by atoms with Crippen molar-refractivity contribution in [1.29, 1.82) is 0 Å². The van der Waals surface area contributed by atoms with Crippen LogP contribution in [-0.2, 0) is 14.3 Å². The van der Waals surface area contributed by atoms with Gasteiger partial charge in [0.05, 0.1) is 18.6 Å². The lowest BCUT2D eigenvalue weighted by molar-refractivity contribution is -0.150. The number of hydrogen-bond acceptors (Lipinski definition) is 4. The zero-order valence-corrected chi connectivity index (χ0v) is 12.3. The number of fused-ring (bicyclic) bond motifs is 2. The van der Waals surface area contributed by atoms with E-state index in [1.54, 1.807) is 6.92 Å². The molecule has 0 radical (unpaired) electrons. The second kappa shape index (κ2) is 5.45. The lowest BCUT2D eigenvalue weighted by Crippen LogP contribution is -2.45. The molecule has 3 rings (SSSR count). The topological polar surface area (TPSA) is 46.6 Å². The number of likely N-dealkylation sites (N-methyl/N-ethyl adjacent to an activating group) is 1. The van der Waals surface area contributed by atoms with E-state index in [1.807, 2.05) is 48.4 Å². The van der Waals surface area contributed by atoms with Gasteiger partial charge >= 0.3 is 5.97 Å². The summed E-state index contributed by atoms with van der Waals surface area (Å²) in [5.41, 5.74) is 1.66. The average molecular weight is 285 g/mol. The predicted molar refractivity (Wildman–Crippen MR) is 79.5 cm³/mol. The van der Waals surface area contributed by atoms with Gasteiger partial charge in [-0.15, -0.1) is 0 Å². The van der Waals surface area contributed by atoms with Crippen LogP contribution in [0.3, 0.4) is 0 Å². The Labute approximate surface area is 124 Å². The summed E-state index contributed by atoms with van der Waals surface area (Å²) in [6, 6.07) is 9.38. The second-order valence-corrected chi connectivity index (χ2v) is 5.58. The molecule has 0 saturated carbocycles. The van der Waals surface area contributed by atoms with Gasteiger partial charge in [-0.1, -0.05) is 36.4 Å². The van der Waals surface area contributed by atoms with Crippen LogP contribution in [0.5, 0.6) is 0 Å². The number of carbonyl (C=O) groups is 2. The van der Waals surface area contributed by atoms with Crippen LogP contribution >= 0.6 is 0 Å². The van der Waals surface area contributed by atoms with Crippen LogP contribution in [0.25, 0.3) is 5.57 Å². The highest BCUT2D eigenvalue weighted by Gasteiger charge is 2.50. The SMILES string of the molecule is CCOC(=O)[C@H]1C[C@H]2C=C(c3ccccc3)C(=O)[C@@H]1N2C. The number of benzene rings is 1. The van der Waals surface area contributed by atoms with Crippen molar-refractivity contribution in [3.8, 4) is 0 Å². The fraction of sp³-hybridized carbons (Fsp3) is 0.412. The molecule has 0 aromatic heterocycles. The first-order valence-electron chi connectivity index (χ1n) is 7.33. The molecule has 110 valence electrons. The van der Waals surface area contributed by atoms with Crippen molar-refractivity contribution in [2.24, 2.45) is 5.92 Å². The number of rotatable bonds is 3. The Balaban J connectivity index is 1.93. The predicted octanol–water partition coefficient (Wildman–Crippen LogP) is 1.90. The molecule has 1 aromatic rings. The lowest BCUT2D eigenvalue weighted by atomic mass is 9.90. The van der Waals surface area contributed by atoms with Gasteiger partial charge in [-0.25, -0.2) is 0 Å². The zero-order valence-electron chi connectivity index (χ0n) is 12.3. The van der Waals surface area contributed by atoms with Gasteiger partial charge in [-0.05, 0) is 26.0 Å². The summed E-state index contributed by atoms with van der Waals surface area (Å²) < 4.78 is 5.13. The zero-order chi connectivity index (χ0) is 15.0. The minimum absolute atomic E-state index is 0.0236. The third kappa shape index (κ3) is 2.29. The van der Waals surface area contributed by atoms with Crippen LogP contribution < -0.4 is 0 Å². The molecule has 0 unspecified atom stereocenters. The van der Waals surface area contributed by atoms with E-state index < -0.39 is 6.04 Å². The van der Waals surface area contributed by atoms with Gasteiger partial charge in [0.2, 0.25) is 0 Å². The monoisotopic (exact) mass is 285 g/mol. The highest BCUT2D eigenvalue weighted by atomic mass is 16.5. The lowest BCUT2D eigenvalue weighted by Gasteiger charge is -2.30. The van der Waals surface area contributed by atoms with Gasteiger partial charge in [-0.3, -0.25) is 14.5 Å². The van der Waals surface area contributed by atoms with Crippen molar-refractivity contribution in [1.82, 2.24) is 4.90 Å².